The number of nitrogens with one attached hydrogen (secondary N) is 2. The Hall–Kier alpha value is -1.27. The Morgan fingerprint density at radius 2 is 1.65 bits per heavy atom. The molecule has 0 spiro atoms. The van der Waals surface area contributed by atoms with Crippen molar-refractivity contribution in [3.05, 3.63) is 24.3 Å². The maximum absolute atomic E-state index is 12.2. The molecule has 0 amide bonds. The van der Waals surface area contributed by atoms with Gasteiger partial charge in [0.2, 0.25) is 10.0 Å². The third kappa shape index (κ3) is 5.02. The third-order valence-electron chi connectivity index (χ3n) is 2.99. The summed E-state index contributed by atoms with van der Waals surface area (Å²) >= 11 is 0. The summed E-state index contributed by atoms with van der Waals surface area (Å²) in [4.78, 5) is 1.97. The lowest BCUT2D eigenvalue weighted by Crippen LogP contribution is -2.37. The number of sulfonamides is 1. The molecule has 6 heteroatoms. The van der Waals surface area contributed by atoms with Crippen LogP contribution in [-0.4, -0.2) is 40.3 Å². The highest BCUT2D eigenvalue weighted by atomic mass is 32.2. The van der Waals surface area contributed by atoms with Crippen LogP contribution in [0.3, 0.4) is 0 Å². The molecule has 0 bridgehead atoms. The molecular formula is C14H25N3O2S. The Kier molecular flexibility index (Phi) is 5.83. The van der Waals surface area contributed by atoms with Crippen molar-refractivity contribution < 1.29 is 8.42 Å². The molecule has 1 aromatic carbocycles. The van der Waals surface area contributed by atoms with Gasteiger partial charge in [0, 0.05) is 38.1 Å². The summed E-state index contributed by atoms with van der Waals surface area (Å²) < 4.78 is 27.0. The molecule has 1 atom stereocenters. The summed E-state index contributed by atoms with van der Waals surface area (Å²) in [7, 11) is 0.518. The number of rotatable bonds is 7. The largest absolute Gasteiger partial charge is 0.378 e. The van der Waals surface area contributed by atoms with Crippen LogP contribution in [0, 0.1) is 0 Å². The van der Waals surface area contributed by atoms with Gasteiger partial charge >= 0.3 is 0 Å². The first-order valence-electron chi connectivity index (χ1n) is 6.75. The third-order valence-corrected chi connectivity index (χ3v) is 4.73. The monoisotopic (exact) mass is 299 g/mol. The van der Waals surface area contributed by atoms with Crippen LogP contribution in [0.15, 0.2) is 24.3 Å². The van der Waals surface area contributed by atoms with Crippen molar-refractivity contribution in [3.8, 4) is 0 Å². The highest BCUT2D eigenvalue weighted by molar-refractivity contribution is 7.93. The average molecular weight is 299 g/mol. The minimum Gasteiger partial charge on any atom is -0.378 e. The zero-order valence-corrected chi connectivity index (χ0v) is 13.7. The summed E-state index contributed by atoms with van der Waals surface area (Å²) in [6, 6.07) is 7.58. The Bertz CT molecular complexity index is 510. The first-order valence-corrected chi connectivity index (χ1v) is 8.29. The molecule has 0 aliphatic carbocycles. The molecule has 0 aromatic heterocycles. The lowest BCUT2D eigenvalue weighted by molar-refractivity contribution is 0.553. The van der Waals surface area contributed by atoms with E-state index in [1.807, 2.05) is 45.0 Å². The van der Waals surface area contributed by atoms with Crippen LogP contribution in [-0.2, 0) is 10.0 Å². The molecule has 1 unspecified atom stereocenters. The Labute approximate surface area is 122 Å². The van der Waals surface area contributed by atoms with E-state index in [2.05, 4.69) is 10.0 Å². The molecule has 1 aromatic rings. The zero-order chi connectivity index (χ0) is 15.3. The molecular weight excluding hydrogens is 274 g/mol. The van der Waals surface area contributed by atoms with Gasteiger partial charge in [0.15, 0.2) is 0 Å². The van der Waals surface area contributed by atoms with Gasteiger partial charge in [-0.1, -0.05) is 13.8 Å². The highest BCUT2D eigenvalue weighted by Crippen LogP contribution is 2.17. The van der Waals surface area contributed by atoms with Crippen molar-refractivity contribution in [1.82, 2.24) is 5.32 Å². The second-order valence-electron chi connectivity index (χ2n) is 5.46. The number of nitrogens with zero attached hydrogens (tertiary/aromatic N) is 1. The quantitative estimate of drug-likeness (QED) is 0.807. The van der Waals surface area contributed by atoms with Gasteiger partial charge < -0.3 is 10.2 Å². The van der Waals surface area contributed by atoms with E-state index in [1.165, 1.54) is 0 Å². The van der Waals surface area contributed by atoms with E-state index in [0.29, 0.717) is 12.2 Å². The SMILES string of the molecule is CC(C)NCC(C)S(=O)(=O)Nc1ccc(N(C)C)cc1. The molecule has 0 fully saturated rings. The fraction of sp³-hybridized carbons (Fsp3) is 0.571. The maximum atomic E-state index is 12.2. The number of benzene rings is 1. The summed E-state index contributed by atoms with van der Waals surface area (Å²) in [5.74, 6) is 0. The first kappa shape index (κ1) is 16.8. The highest BCUT2D eigenvalue weighted by Gasteiger charge is 2.20. The van der Waals surface area contributed by atoms with E-state index >= 15 is 0 Å². The average Bonchev–Trinajstić information content (AvgIpc) is 2.35. The van der Waals surface area contributed by atoms with Crippen LogP contribution in [0.25, 0.3) is 0 Å². The summed E-state index contributed by atoms with van der Waals surface area (Å²) in [6.07, 6.45) is 0. The van der Waals surface area contributed by atoms with Crippen molar-refractivity contribution in [2.45, 2.75) is 32.1 Å². The van der Waals surface area contributed by atoms with Crippen LogP contribution in [0.4, 0.5) is 11.4 Å². The molecule has 2 N–H and O–H groups in total. The predicted octanol–water partition coefficient (Wildman–Crippen LogP) is 1.88. The van der Waals surface area contributed by atoms with E-state index in [1.54, 1.807) is 19.1 Å². The Morgan fingerprint density at radius 1 is 1.10 bits per heavy atom. The summed E-state index contributed by atoms with van der Waals surface area (Å²) in [5, 5.41) is 2.65. The van der Waals surface area contributed by atoms with Crippen molar-refractivity contribution >= 4 is 21.4 Å². The Balaban J connectivity index is 2.70. The van der Waals surface area contributed by atoms with E-state index in [-0.39, 0.29) is 6.04 Å². The van der Waals surface area contributed by atoms with Gasteiger partial charge in [-0.3, -0.25) is 4.72 Å². The van der Waals surface area contributed by atoms with E-state index in [0.717, 1.165) is 5.69 Å². The molecule has 0 radical (unpaired) electrons. The number of anilines is 2. The topological polar surface area (TPSA) is 61.4 Å². The van der Waals surface area contributed by atoms with Crippen LogP contribution < -0.4 is 14.9 Å². The fourth-order valence-electron chi connectivity index (χ4n) is 1.60. The predicted molar refractivity (Wildman–Crippen MR) is 85.9 cm³/mol. The second-order valence-corrected chi connectivity index (χ2v) is 7.56. The van der Waals surface area contributed by atoms with Crippen LogP contribution in [0.1, 0.15) is 20.8 Å². The van der Waals surface area contributed by atoms with Crippen molar-refractivity contribution in [1.29, 1.82) is 0 Å². The van der Waals surface area contributed by atoms with Gasteiger partial charge in [0.05, 0.1) is 5.25 Å². The molecule has 0 saturated heterocycles. The van der Waals surface area contributed by atoms with Crippen LogP contribution in [0.2, 0.25) is 0 Å². The maximum Gasteiger partial charge on any atom is 0.236 e. The molecule has 0 saturated carbocycles. The van der Waals surface area contributed by atoms with E-state index < -0.39 is 15.3 Å². The minimum absolute atomic E-state index is 0.270. The van der Waals surface area contributed by atoms with Crippen LogP contribution >= 0.6 is 0 Å². The van der Waals surface area contributed by atoms with Gasteiger partial charge in [-0.05, 0) is 31.2 Å². The van der Waals surface area contributed by atoms with Gasteiger partial charge in [-0.15, -0.1) is 0 Å². The number of hydrogen-bond acceptors (Lipinski definition) is 4. The van der Waals surface area contributed by atoms with E-state index in [9.17, 15) is 8.42 Å². The summed E-state index contributed by atoms with van der Waals surface area (Å²) in [6.45, 7) is 6.12. The lowest BCUT2D eigenvalue weighted by Gasteiger charge is -2.18. The van der Waals surface area contributed by atoms with Crippen molar-refractivity contribution in [3.63, 3.8) is 0 Å². The van der Waals surface area contributed by atoms with Crippen molar-refractivity contribution in [2.24, 2.45) is 0 Å². The van der Waals surface area contributed by atoms with Crippen molar-refractivity contribution in [2.75, 3.05) is 30.3 Å². The summed E-state index contributed by atoms with van der Waals surface area (Å²) in [5.41, 5.74) is 1.62. The minimum atomic E-state index is -3.37. The van der Waals surface area contributed by atoms with Gasteiger partial charge in [-0.25, -0.2) is 8.42 Å². The van der Waals surface area contributed by atoms with Gasteiger partial charge in [-0.2, -0.15) is 0 Å². The standard InChI is InChI=1S/C14H25N3O2S/c1-11(2)15-10-12(3)20(18,19)16-13-6-8-14(9-7-13)17(4)5/h6-9,11-12,15-16H,10H2,1-5H3. The molecule has 0 heterocycles. The molecule has 114 valence electrons. The first-order chi connectivity index (χ1) is 9.22. The van der Waals surface area contributed by atoms with Crippen LogP contribution in [0.5, 0.6) is 0 Å². The molecule has 0 aliphatic rings. The van der Waals surface area contributed by atoms with Gasteiger partial charge in [0.1, 0.15) is 0 Å². The normalized spacial score (nSPS) is 13.3. The molecule has 0 aliphatic heterocycles. The Morgan fingerprint density at radius 3 is 2.10 bits per heavy atom. The zero-order valence-electron chi connectivity index (χ0n) is 12.8. The molecule has 20 heavy (non-hydrogen) atoms. The fourth-order valence-corrected chi connectivity index (χ4v) is 2.59. The second kappa shape index (κ2) is 6.95. The lowest BCUT2D eigenvalue weighted by atomic mass is 10.3. The number of hydrogen-bond donors (Lipinski definition) is 2. The molecule has 5 nitrogen and oxygen atoms in total. The van der Waals surface area contributed by atoms with Gasteiger partial charge in [0.25, 0.3) is 0 Å². The smallest absolute Gasteiger partial charge is 0.236 e. The van der Waals surface area contributed by atoms with E-state index in [4.69, 9.17) is 0 Å². The molecule has 1 rings (SSSR count).